The molecule has 0 saturated heterocycles. The van der Waals surface area contributed by atoms with Gasteiger partial charge in [0.05, 0.1) is 12.3 Å². The van der Waals surface area contributed by atoms with Crippen molar-refractivity contribution < 1.29 is 5.11 Å². The Morgan fingerprint density at radius 2 is 1.97 bits per heavy atom. The highest BCUT2D eigenvalue weighted by molar-refractivity contribution is 6.30. The Balaban J connectivity index is 1.59. The fourth-order valence-electron chi connectivity index (χ4n) is 3.96. The monoisotopic (exact) mass is 412 g/mol. The highest BCUT2D eigenvalue weighted by Crippen LogP contribution is 2.38. The van der Waals surface area contributed by atoms with Gasteiger partial charge in [-0.3, -0.25) is 0 Å². The molecule has 0 radical (unpaired) electrons. The van der Waals surface area contributed by atoms with E-state index in [4.69, 9.17) is 11.6 Å². The molecule has 0 bridgehead atoms. The van der Waals surface area contributed by atoms with Crippen molar-refractivity contribution in [1.29, 1.82) is 0 Å². The zero-order valence-electron chi connectivity index (χ0n) is 16.5. The fourth-order valence-corrected chi connectivity index (χ4v) is 4.22. The van der Waals surface area contributed by atoms with Crippen LogP contribution in [0.2, 0.25) is 5.15 Å². The molecule has 7 nitrogen and oxygen atoms in total. The number of nitrogens with zero attached hydrogens (tertiary/aromatic N) is 5. The molecule has 0 fully saturated rings. The number of rotatable bonds is 8. The number of aromatic nitrogens is 6. The summed E-state index contributed by atoms with van der Waals surface area (Å²) in [6.07, 6.45) is 6.10. The number of benzene rings is 1. The Morgan fingerprint density at radius 3 is 2.66 bits per heavy atom. The summed E-state index contributed by atoms with van der Waals surface area (Å²) < 4.78 is 2.05. The van der Waals surface area contributed by atoms with Crippen molar-refractivity contribution in [3.05, 3.63) is 57.9 Å². The molecular formula is C21H25ClN6O. The fraction of sp³-hybridized carbons (Fsp3) is 0.429. The molecule has 2 N–H and O–H groups in total. The molecule has 0 amide bonds. The van der Waals surface area contributed by atoms with Crippen LogP contribution in [0.3, 0.4) is 0 Å². The lowest BCUT2D eigenvalue weighted by atomic mass is 10.0. The summed E-state index contributed by atoms with van der Waals surface area (Å²) in [5, 5.41) is 24.7. The number of aliphatic hydroxyl groups excluding tert-OH is 1. The molecule has 0 atom stereocenters. The quantitative estimate of drug-likeness (QED) is 0.582. The normalized spacial score (nSPS) is 14.2. The van der Waals surface area contributed by atoms with Crippen molar-refractivity contribution in [1.82, 2.24) is 30.2 Å². The van der Waals surface area contributed by atoms with E-state index in [1.165, 1.54) is 16.7 Å². The van der Waals surface area contributed by atoms with Gasteiger partial charge in [-0.25, -0.2) is 4.98 Å². The average Bonchev–Trinajstić information content (AvgIpc) is 3.47. The summed E-state index contributed by atoms with van der Waals surface area (Å²) in [5.74, 6) is 1.63. The summed E-state index contributed by atoms with van der Waals surface area (Å²) >= 11 is 6.25. The van der Waals surface area contributed by atoms with Gasteiger partial charge in [-0.2, -0.15) is 5.21 Å². The van der Waals surface area contributed by atoms with Crippen molar-refractivity contribution in [2.75, 3.05) is 0 Å². The maximum Gasteiger partial charge on any atom is 0.200 e. The van der Waals surface area contributed by atoms with E-state index in [1.807, 2.05) is 4.57 Å². The van der Waals surface area contributed by atoms with Gasteiger partial charge in [0.1, 0.15) is 5.82 Å². The lowest BCUT2D eigenvalue weighted by Crippen LogP contribution is -2.09. The summed E-state index contributed by atoms with van der Waals surface area (Å²) in [6, 6.07) is 8.57. The average molecular weight is 413 g/mol. The Kier molecular flexibility index (Phi) is 6.06. The lowest BCUT2D eigenvalue weighted by molar-refractivity contribution is 0.271. The second-order valence-corrected chi connectivity index (χ2v) is 7.71. The predicted octanol–water partition coefficient (Wildman–Crippen LogP) is 4.03. The third-order valence-corrected chi connectivity index (χ3v) is 5.79. The number of halogens is 1. The van der Waals surface area contributed by atoms with Crippen LogP contribution in [0.4, 0.5) is 0 Å². The van der Waals surface area contributed by atoms with E-state index in [0.717, 1.165) is 49.9 Å². The number of imidazole rings is 1. The maximum absolute atomic E-state index is 9.75. The van der Waals surface area contributed by atoms with E-state index >= 15 is 0 Å². The third-order valence-electron chi connectivity index (χ3n) is 5.48. The number of nitrogens with one attached hydrogen (secondary N) is 1. The topological polar surface area (TPSA) is 92.5 Å². The van der Waals surface area contributed by atoms with Crippen molar-refractivity contribution in [3.8, 4) is 0 Å². The number of tetrazole rings is 1. The first-order valence-electron chi connectivity index (χ1n) is 10.1. The molecule has 0 saturated carbocycles. The molecule has 0 unspecified atom stereocenters. The SMILES string of the molecule is CCCCc1nc(Cl)c(CO)n1Cc1ccc(C2=C(c3nn[nH]n3)CCC2)cc1. The van der Waals surface area contributed by atoms with E-state index < -0.39 is 0 Å². The third kappa shape index (κ3) is 4.11. The van der Waals surface area contributed by atoms with Crippen LogP contribution in [-0.2, 0) is 19.6 Å². The first kappa shape index (κ1) is 19.8. The molecule has 2 heterocycles. The van der Waals surface area contributed by atoms with Crippen LogP contribution in [0.25, 0.3) is 11.1 Å². The molecule has 29 heavy (non-hydrogen) atoms. The number of allylic oxidation sites excluding steroid dienone is 2. The zero-order valence-corrected chi connectivity index (χ0v) is 17.3. The summed E-state index contributed by atoms with van der Waals surface area (Å²) in [7, 11) is 0. The first-order chi connectivity index (χ1) is 14.2. The highest BCUT2D eigenvalue weighted by Gasteiger charge is 2.21. The predicted molar refractivity (Wildman–Crippen MR) is 112 cm³/mol. The molecule has 8 heteroatoms. The number of unbranched alkanes of at least 4 members (excludes halogenated alkanes) is 1. The van der Waals surface area contributed by atoms with Gasteiger partial charge in [-0.05, 0) is 47.6 Å². The zero-order chi connectivity index (χ0) is 20.2. The van der Waals surface area contributed by atoms with Crippen LogP contribution in [0.15, 0.2) is 24.3 Å². The number of aliphatic hydroxyl groups is 1. The number of aryl methyl sites for hydroxylation is 1. The van der Waals surface area contributed by atoms with Crippen molar-refractivity contribution in [2.24, 2.45) is 0 Å². The van der Waals surface area contributed by atoms with E-state index in [1.54, 1.807) is 0 Å². The second-order valence-electron chi connectivity index (χ2n) is 7.36. The molecule has 2 aromatic heterocycles. The number of H-pyrrole nitrogens is 1. The van der Waals surface area contributed by atoms with Crippen molar-refractivity contribution in [2.45, 2.75) is 58.6 Å². The Labute approximate surface area is 174 Å². The van der Waals surface area contributed by atoms with Gasteiger partial charge in [0.2, 0.25) is 5.82 Å². The molecular weight excluding hydrogens is 388 g/mol. The van der Waals surface area contributed by atoms with Crippen LogP contribution in [0.1, 0.15) is 67.5 Å². The Hall–Kier alpha value is -2.51. The summed E-state index contributed by atoms with van der Waals surface area (Å²) in [6.45, 7) is 2.68. The molecule has 4 rings (SSSR count). The minimum atomic E-state index is -0.114. The van der Waals surface area contributed by atoms with Crippen LogP contribution in [-0.4, -0.2) is 35.3 Å². The van der Waals surface area contributed by atoms with Crippen LogP contribution < -0.4 is 0 Å². The molecule has 1 aliphatic rings. The molecule has 3 aromatic rings. The molecule has 0 spiro atoms. The van der Waals surface area contributed by atoms with Gasteiger partial charge >= 0.3 is 0 Å². The van der Waals surface area contributed by atoms with Gasteiger partial charge in [0, 0.05) is 18.5 Å². The molecule has 1 aliphatic carbocycles. The van der Waals surface area contributed by atoms with E-state index in [-0.39, 0.29) is 6.61 Å². The minimum absolute atomic E-state index is 0.114. The Bertz CT molecular complexity index is 991. The number of hydrogen-bond donors (Lipinski definition) is 2. The second kappa shape index (κ2) is 8.88. The maximum atomic E-state index is 9.75. The largest absolute Gasteiger partial charge is 0.390 e. The van der Waals surface area contributed by atoms with Crippen LogP contribution in [0.5, 0.6) is 0 Å². The van der Waals surface area contributed by atoms with Gasteiger partial charge in [0.15, 0.2) is 5.15 Å². The standard InChI is InChI=1S/C21H25ClN6O/c1-2-3-7-19-23-20(22)18(13-29)28(19)12-14-8-10-15(11-9-14)16-5-4-6-17(16)21-24-26-27-25-21/h8-11,29H,2-7,12-13H2,1H3,(H,24,25,26,27). The van der Waals surface area contributed by atoms with Crippen molar-refractivity contribution >= 4 is 22.7 Å². The molecule has 0 aliphatic heterocycles. The summed E-state index contributed by atoms with van der Waals surface area (Å²) in [4.78, 5) is 4.47. The number of aromatic amines is 1. The smallest absolute Gasteiger partial charge is 0.200 e. The molecule has 1 aromatic carbocycles. The van der Waals surface area contributed by atoms with E-state index in [2.05, 4.69) is 56.8 Å². The van der Waals surface area contributed by atoms with Gasteiger partial charge in [-0.1, -0.05) is 49.2 Å². The van der Waals surface area contributed by atoms with E-state index in [9.17, 15) is 5.11 Å². The van der Waals surface area contributed by atoms with Gasteiger partial charge < -0.3 is 9.67 Å². The molecule has 152 valence electrons. The van der Waals surface area contributed by atoms with Crippen LogP contribution in [0, 0.1) is 0 Å². The van der Waals surface area contributed by atoms with Gasteiger partial charge in [-0.15, -0.1) is 10.2 Å². The van der Waals surface area contributed by atoms with Crippen LogP contribution >= 0.6 is 11.6 Å². The minimum Gasteiger partial charge on any atom is -0.390 e. The number of hydrogen-bond acceptors (Lipinski definition) is 5. The summed E-state index contributed by atoms with van der Waals surface area (Å²) in [5.41, 5.74) is 5.50. The lowest BCUT2D eigenvalue weighted by Gasteiger charge is -2.12. The first-order valence-corrected chi connectivity index (χ1v) is 10.5. The van der Waals surface area contributed by atoms with E-state index in [0.29, 0.717) is 23.2 Å². The van der Waals surface area contributed by atoms with Gasteiger partial charge in [0.25, 0.3) is 0 Å². The highest BCUT2D eigenvalue weighted by atomic mass is 35.5. The Morgan fingerprint density at radius 1 is 1.17 bits per heavy atom. The van der Waals surface area contributed by atoms with Crippen molar-refractivity contribution in [3.63, 3.8) is 0 Å².